The smallest absolute Gasteiger partial charge is 0.467 e. The summed E-state index contributed by atoms with van der Waals surface area (Å²) in [7, 11) is 0. The van der Waals surface area contributed by atoms with E-state index in [9.17, 15) is 17.6 Å². The first-order valence-corrected chi connectivity index (χ1v) is 8.25. The molecule has 158 valence electrons. The van der Waals surface area contributed by atoms with Crippen LogP contribution >= 0.6 is 24.0 Å². The van der Waals surface area contributed by atoms with Crippen molar-refractivity contribution in [2.45, 2.75) is 19.4 Å². The Bertz CT molecular complexity index is 878. The average Bonchev–Trinajstić information content (AvgIpc) is 2.62. The molecule has 6 nitrogen and oxygen atoms in total. The van der Waals surface area contributed by atoms with Gasteiger partial charge in [0.1, 0.15) is 11.6 Å². The normalized spacial score (nSPS) is 13.7. The van der Waals surface area contributed by atoms with Crippen LogP contribution in [0.25, 0.3) is 0 Å². The number of fused-ring (bicyclic) bond motifs is 1. The molecule has 3 N–H and O–H groups in total. The van der Waals surface area contributed by atoms with Gasteiger partial charge >= 0.3 is 6.36 Å². The highest BCUT2D eigenvalue weighted by molar-refractivity contribution is 14.0. The van der Waals surface area contributed by atoms with Crippen LogP contribution in [0.3, 0.4) is 0 Å². The van der Waals surface area contributed by atoms with Gasteiger partial charge in [-0.05, 0) is 36.2 Å². The van der Waals surface area contributed by atoms with Gasteiger partial charge in [0.05, 0.1) is 12.3 Å². The fourth-order valence-corrected chi connectivity index (χ4v) is 2.70. The molecule has 0 atom stereocenters. The van der Waals surface area contributed by atoms with Crippen LogP contribution in [0.5, 0.6) is 11.5 Å². The Balaban J connectivity index is 0.00000300. The van der Waals surface area contributed by atoms with Gasteiger partial charge in [0.2, 0.25) is 0 Å². The van der Waals surface area contributed by atoms with Crippen molar-refractivity contribution in [3.63, 3.8) is 0 Å². The van der Waals surface area contributed by atoms with Gasteiger partial charge in [0.15, 0.2) is 18.5 Å². The lowest BCUT2D eigenvalue weighted by Crippen LogP contribution is -2.25. The molecule has 0 amide bonds. The zero-order chi connectivity index (χ0) is 20.1. The third-order valence-corrected chi connectivity index (χ3v) is 3.79. The lowest BCUT2D eigenvalue weighted by Gasteiger charge is -2.20. The van der Waals surface area contributed by atoms with E-state index in [1.54, 1.807) is 0 Å². The Morgan fingerprint density at radius 1 is 1.24 bits per heavy atom. The van der Waals surface area contributed by atoms with Crippen LogP contribution in [0.15, 0.2) is 41.4 Å². The molecule has 0 spiro atoms. The van der Waals surface area contributed by atoms with Crippen molar-refractivity contribution in [2.24, 2.45) is 10.7 Å². The van der Waals surface area contributed by atoms with Crippen LogP contribution in [0.2, 0.25) is 0 Å². The molecular formula is C18H18F4IN3O3. The molecule has 1 aliphatic rings. The number of nitrogens with two attached hydrogens (primary N) is 1. The zero-order valence-corrected chi connectivity index (χ0v) is 17.3. The number of aliphatic imine (C=N–C) groups is 1. The number of hydrogen-bond acceptors (Lipinski definition) is 4. The van der Waals surface area contributed by atoms with Gasteiger partial charge in [-0.3, -0.25) is 4.99 Å². The highest BCUT2D eigenvalue weighted by Crippen LogP contribution is 2.31. The summed E-state index contributed by atoms with van der Waals surface area (Å²) >= 11 is 0. The van der Waals surface area contributed by atoms with Crippen molar-refractivity contribution in [3.05, 3.63) is 53.3 Å². The van der Waals surface area contributed by atoms with Crippen molar-refractivity contribution >= 4 is 35.6 Å². The first-order chi connectivity index (χ1) is 13.3. The van der Waals surface area contributed by atoms with Gasteiger partial charge in [-0.1, -0.05) is 12.1 Å². The summed E-state index contributed by atoms with van der Waals surface area (Å²) in [6.45, 7) is 0.499. The second-order valence-electron chi connectivity index (χ2n) is 5.85. The molecule has 1 heterocycles. The maximum Gasteiger partial charge on any atom is 0.573 e. The summed E-state index contributed by atoms with van der Waals surface area (Å²) in [5.74, 6) is -0.400. The number of para-hydroxylation sites is 2. The maximum absolute atomic E-state index is 13.7. The van der Waals surface area contributed by atoms with Crippen LogP contribution < -0.4 is 20.5 Å². The number of alkyl halides is 3. The minimum absolute atomic E-state index is 0. The monoisotopic (exact) mass is 527 g/mol. The number of nitrogens with one attached hydrogen (secondary N) is 1. The lowest BCUT2D eigenvalue weighted by molar-refractivity contribution is -0.274. The molecule has 2 aromatic carbocycles. The number of rotatable bonds is 5. The highest BCUT2D eigenvalue weighted by Gasteiger charge is 2.32. The Morgan fingerprint density at radius 2 is 2.00 bits per heavy atom. The second kappa shape index (κ2) is 9.96. The van der Waals surface area contributed by atoms with Crippen molar-refractivity contribution in [1.29, 1.82) is 0 Å². The molecule has 0 aromatic heterocycles. The Labute approximate surface area is 181 Å². The van der Waals surface area contributed by atoms with Crippen LogP contribution in [0.4, 0.5) is 23.2 Å². The summed E-state index contributed by atoms with van der Waals surface area (Å²) < 4.78 is 65.6. The van der Waals surface area contributed by atoms with Gasteiger partial charge in [-0.2, -0.15) is 0 Å². The van der Waals surface area contributed by atoms with E-state index in [-0.39, 0.29) is 55.6 Å². The van der Waals surface area contributed by atoms with Crippen molar-refractivity contribution in [1.82, 2.24) is 0 Å². The third kappa shape index (κ3) is 6.63. The van der Waals surface area contributed by atoms with Gasteiger partial charge in [0.25, 0.3) is 0 Å². The highest BCUT2D eigenvalue weighted by atomic mass is 127. The van der Waals surface area contributed by atoms with E-state index >= 15 is 0 Å². The molecule has 0 aliphatic carbocycles. The Kier molecular flexibility index (Phi) is 7.90. The Hall–Kier alpha value is -2.28. The predicted molar refractivity (Wildman–Crippen MR) is 109 cm³/mol. The van der Waals surface area contributed by atoms with Crippen LogP contribution in [0.1, 0.15) is 11.1 Å². The quantitative estimate of drug-likeness (QED) is 0.264. The largest absolute Gasteiger partial charge is 0.573 e. The summed E-state index contributed by atoms with van der Waals surface area (Å²) in [4.78, 5) is 4.07. The van der Waals surface area contributed by atoms with Crippen LogP contribution in [-0.4, -0.2) is 25.7 Å². The van der Waals surface area contributed by atoms with Gasteiger partial charge in [-0.15, -0.1) is 37.1 Å². The molecule has 29 heavy (non-hydrogen) atoms. The van der Waals surface area contributed by atoms with Crippen molar-refractivity contribution < 1.29 is 31.8 Å². The van der Waals surface area contributed by atoms with Crippen molar-refractivity contribution in [2.75, 3.05) is 18.7 Å². The van der Waals surface area contributed by atoms with Crippen molar-refractivity contribution in [3.8, 4) is 11.5 Å². The van der Waals surface area contributed by atoms with Crippen LogP contribution in [0, 0.1) is 5.82 Å². The van der Waals surface area contributed by atoms with E-state index in [1.807, 2.05) is 0 Å². The number of nitrogens with zero attached hydrogens (tertiary/aromatic N) is 1. The summed E-state index contributed by atoms with van der Waals surface area (Å²) in [5, 5.41) is 2.57. The fraction of sp³-hybridized carbons (Fsp3) is 0.278. The van der Waals surface area contributed by atoms with E-state index < -0.39 is 17.9 Å². The van der Waals surface area contributed by atoms with Crippen LogP contribution in [-0.2, 0) is 17.8 Å². The van der Waals surface area contributed by atoms with E-state index in [2.05, 4.69) is 15.0 Å². The molecule has 2 aromatic rings. The minimum Gasteiger partial charge on any atom is -0.467 e. The van der Waals surface area contributed by atoms with E-state index in [0.717, 1.165) is 6.07 Å². The number of ether oxygens (including phenoxy) is 3. The molecule has 0 saturated carbocycles. The summed E-state index contributed by atoms with van der Waals surface area (Å²) in [6.07, 6.45) is -4.51. The fourth-order valence-electron chi connectivity index (χ4n) is 2.70. The summed E-state index contributed by atoms with van der Waals surface area (Å²) in [6, 6.07) is 8.14. The third-order valence-electron chi connectivity index (χ3n) is 3.79. The first-order valence-electron chi connectivity index (χ1n) is 8.25. The first kappa shape index (κ1) is 23.0. The second-order valence-corrected chi connectivity index (χ2v) is 5.85. The average molecular weight is 527 g/mol. The summed E-state index contributed by atoms with van der Waals surface area (Å²) in [5.41, 5.74) is 6.98. The molecule has 0 radical (unpaired) electrons. The molecule has 0 fully saturated rings. The lowest BCUT2D eigenvalue weighted by atomic mass is 10.1. The van der Waals surface area contributed by atoms with E-state index in [1.165, 1.54) is 30.3 Å². The van der Waals surface area contributed by atoms with Gasteiger partial charge < -0.3 is 25.3 Å². The molecular weight excluding hydrogens is 509 g/mol. The molecule has 1 aliphatic heterocycles. The number of hydrogen-bond donors (Lipinski definition) is 2. The minimum atomic E-state index is -4.83. The zero-order valence-electron chi connectivity index (χ0n) is 15.0. The number of guanidine groups is 1. The molecule has 0 unspecified atom stereocenters. The Morgan fingerprint density at radius 3 is 2.76 bits per heavy atom. The van der Waals surface area contributed by atoms with E-state index in [0.29, 0.717) is 23.3 Å². The maximum atomic E-state index is 13.7. The number of anilines is 1. The standard InChI is InChI=1S/C18H17F4N3O3.HI/c19-13-7-11(16-12(8-13)9-26-10-27-16)5-6-24-17(23)25-14-3-1-2-4-15(14)28-18(20,21)22;/h1-4,7-8H,5-6,9-10H2,(H3,23,24,25);1H. The van der Waals surface area contributed by atoms with Gasteiger partial charge in [0, 0.05) is 12.1 Å². The van der Waals surface area contributed by atoms with Gasteiger partial charge in [-0.25, -0.2) is 4.39 Å². The number of benzene rings is 2. The molecule has 0 saturated heterocycles. The van der Waals surface area contributed by atoms with E-state index in [4.69, 9.17) is 15.2 Å². The molecule has 11 heteroatoms. The topological polar surface area (TPSA) is 78.1 Å². The number of halogens is 5. The molecule has 3 rings (SSSR count). The predicted octanol–water partition coefficient (Wildman–Crippen LogP) is 4.18. The SMILES string of the molecule is I.NC(=NCCc1cc(F)cc2c1OCOC2)Nc1ccccc1OC(F)(F)F. The molecule has 0 bridgehead atoms.